The molecule has 1 N–H and O–H groups in total. The molecule has 0 spiro atoms. The maximum atomic E-state index is 12.5. The summed E-state index contributed by atoms with van der Waals surface area (Å²) < 4.78 is 34.6. The van der Waals surface area contributed by atoms with Crippen molar-refractivity contribution in [1.82, 2.24) is 4.31 Å². The molecule has 0 aliphatic heterocycles. The zero-order valence-electron chi connectivity index (χ0n) is 19.5. The van der Waals surface area contributed by atoms with E-state index in [0.717, 1.165) is 6.26 Å². The Bertz CT molecular complexity index is 1200. The number of carbonyl (C=O) groups is 2. The number of amides is 2. The Balaban J connectivity index is 2.15. The first kappa shape index (κ1) is 29.6. The van der Waals surface area contributed by atoms with E-state index < -0.39 is 22.7 Å². The first-order chi connectivity index (χ1) is 16.8. The monoisotopic (exact) mass is 578 g/mol. The normalized spacial score (nSPS) is 11.0. The van der Waals surface area contributed by atoms with Gasteiger partial charge >= 0.3 is 6.09 Å². The number of benzene rings is 2. The number of nitrogens with zero attached hydrogens (tertiary/aromatic N) is 2. The van der Waals surface area contributed by atoms with Crippen LogP contribution < -0.4 is 14.4 Å². The number of carboxylic acid groups (broad SMARTS) is 1. The minimum atomic E-state index is -3.96. The Morgan fingerprint density at radius 1 is 1.06 bits per heavy atom. The summed E-state index contributed by atoms with van der Waals surface area (Å²) in [6, 6.07) is 9.58. The van der Waals surface area contributed by atoms with Crippen LogP contribution in [0.15, 0.2) is 48.6 Å². The fourth-order valence-electron chi connectivity index (χ4n) is 3.01. The average molecular weight is 580 g/mol. The van der Waals surface area contributed by atoms with Crippen molar-refractivity contribution in [2.24, 2.45) is 0 Å². The summed E-state index contributed by atoms with van der Waals surface area (Å²) in [5, 5.41) is 9.54. The maximum absolute atomic E-state index is 12.5. The lowest BCUT2D eigenvalue weighted by Gasteiger charge is -2.23. The van der Waals surface area contributed by atoms with Crippen molar-refractivity contribution >= 4 is 68.2 Å². The quantitative estimate of drug-likeness (QED) is 0.199. The molecule has 0 aromatic heterocycles. The van der Waals surface area contributed by atoms with E-state index in [-0.39, 0.29) is 32.4 Å². The van der Waals surface area contributed by atoms with Crippen LogP contribution in [-0.2, 0) is 14.8 Å². The van der Waals surface area contributed by atoms with E-state index >= 15 is 0 Å². The van der Waals surface area contributed by atoms with Gasteiger partial charge in [0, 0.05) is 18.5 Å². The van der Waals surface area contributed by atoms with Gasteiger partial charge in [-0.25, -0.2) is 17.5 Å². The second kappa shape index (κ2) is 13.0. The molecule has 0 radical (unpaired) electrons. The van der Waals surface area contributed by atoms with E-state index in [1.807, 2.05) is 0 Å². The Hall–Kier alpha value is -2.66. The molecule has 0 saturated carbocycles. The lowest BCUT2D eigenvalue weighted by Crippen LogP contribution is -2.37. The number of carbonyl (C=O) groups excluding carboxylic acids is 1. The highest BCUT2D eigenvalue weighted by Gasteiger charge is 2.23. The van der Waals surface area contributed by atoms with Gasteiger partial charge in [-0.2, -0.15) is 0 Å². The number of alkyl halides is 1. The summed E-state index contributed by atoms with van der Waals surface area (Å²) in [5.41, 5.74) is 1.17. The number of halogens is 3. The molecule has 0 unspecified atom stereocenters. The van der Waals surface area contributed by atoms with Gasteiger partial charge in [-0.05, 0) is 48.4 Å². The Labute approximate surface area is 224 Å². The maximum Gasteiger partial charge on any atom is 0.421 e. The molecular weight excluding hydrogens is 555 g/mol. The summed E-state index contributed by atoms with van der Waals surface area (Å²) in [6.07, 6.45) is -0.202. The molecule has 0 saturated heterocycles. The van der Waals surface area contributed by atoms with E-state index in [1.165, 1.54) is 11.8 Å². The topological polar surface area (TPSA) is 113 Å². The van der Waals surface area contributed by atoms with Gasteiger partial charge in [-0.3, -0.25) is 9.69 Å². The molecule has 2 rings (SSSR count). The lowest BCUT2D eigenvalue weighted by molar-refractivity contribution is -0.115. The zero-order valence-corrected chi connectivity index (χ0v) is 22.6. The van der Waals surface area contributed by atoms with Crippen LogP contribution in [-0.4, -0.2) is 61.7 Å². The van der Waals surface area contributed by atoms with Gasteiger partial charge in [0.05, 0.1) is 35.1 Å². The van der Waals surface area contributed by atoms with Gasteiger partial charge in [0.1, 0.15) is 12.4 Å². The van der Waals surface area contributed by atoms with E-state index in [9.17, 15) is 18.0 Å². The molecule has 9 nitrogen and oxygen atoms in total. The summed E-state index contributed by atoms with van der Waals surface area (Å²) in [4.78, 5) is 25.0. The predicted octanol–water partition coefficient (Wildman–Crippen LogP) is 5.56. The summed E-state index contributed by atoms with van der Waals surface area (Å²) in [6.45, 7) is 4.85. The van der Waals surface area contributed by atoms with Crippen LogP contribution >= 0.6 is 34.8 Å². The van der Waals surface area contributed by atoms with Crippen molar-refractivity contribution in [3.8, 4) is 11.5 Å². The van der Waals surface area contributed by atoms with Crippen LogP contribution in [0.3, 0.4) is 0 Å². The van der Waals surface area contributed by atoms with Crippen LogP contribution in [0.4, 0.5) is 16.2 Å². The van der Waals surface area contributed by atoms with Crippen molar-refractivity contribution in [3.63, 3.8) is 0 Å². The molecule has 36 heavy (non-hydrogen) atoms. The fraction of sp³-hybridized carbons (Fsp3) is 0.304. The van der Waals surface area contributed by atoms with Crippen molar-refractivity contribution in [2.75, 3.05) is 36.8 Å². The standard InChI is InChI=1S/C23H25Cl3N2O7S/c1-15(13-27(23(30)31)36(3,32)33)14-35-19-7-5-17(6-8-19)28(16(2)29)18-11-20(25)22(21(26)12-18)34-10-4-9-24/h5-8,11-12H,1,4,9-10,13-14H2,2-3H3,(H,30,31). The van der Waals surface area contributed by atoms with Crippen LogP contribution in [0.1, 0.15) is 13.3 Å². The first-order valence-corrected chi connectivity index (χ1v) is 13.6. The van der Waals surface area contributed by atoms with Gasteiger partial charge < -0.3 is 14.6 Å². The van der Waals surface area contributed by atoms with Crippen LogP contribution in [0.25, 0.3) is 0 Å². The third-order valence-corrected chi connectivity index (χ3v) is 6.51. The predicted molar refractivity (Wildman–Crippen MR) is 141 cm³/mol. The zero-order chi connectivity index (χ0) is 27.0. The summed E-state index contributed by atoms with van der Waals surface area (Å²) >= 11 is 18.3. The number of hydrogen-bond donors (Lipinski definition) is 1. The summed E-state index contributed by atoms with van der Waals surface area (Å²) in [7, 11) is -3.96. The van der Waals surface area contributed by atoms with Gasteiger partial charge in [-0.15, -0.1) is 11.6 Å². The highest BCUT2D eigenvalue weighted by molar-refractivity contribution is 7.88. The molecule has 13 heteroatoms. The second-order valence-electron chi connectivity index (χ2n) is 7.57. The molecule has 0 aliphatic rings. The molecule has 2 amide bonds. The minimum Gasteiger partial charge on any atom is -0.490 e. The number of sulfonamides is 1. The van der Waals surface area contributed by atoms with Crippen molar-refractivity contribution in [2.45, 2.75) is 13.3 Å². The number of hydrogen-bond acceptors (Lipinski definition) is 6. The minimum absolute atomic E-state index is 0.120. The molecule has 196 valence electrons. The second-order valence-corrected chi connectivity index (χ2v) is 10.7. The fourth-order valence-corrected chi connectivity index (χ4v) is 4.40. The van der Waals surface area contributed by atoms with E-state index in [4.69, 9.17) is 49.4 Å². The van der Waals surface area contributed by atoms with Crippen molar-refractivity contribution in [1.29, 1.82) is 0 Å². The lowest BCUT2D eigenvalue weighted by atomic mass is 10.2. The molecule has 0 aliphatic carbocycles. The van der Waals surface area contributed by atoms with E-state index in [2.05, 4.69) is 6.58 Å². The van der Waals surface area contributed by atoms with Crippen LogP contribution in [0.5, 0.6) is 11.5 Å². The molecule has 2 aromatic carbocycles. The Kier molecular flexibility index (Phi) is 10.7. The first-order valence-electron chi connectivity index (χ1n) is 10.4. The SMILES string of the molecule is C=C(COc1ccc(N(C(C)=O)c2cc(Cl)c(OCCCCl)c(Cl)c2)cc1)CN(C(=O)O)S(C)(=O)=O. The third-order valence-electron chi connectivity index (χ3n) is 4.60. The average Bonchev–Trinajstić information content (AvgIpc) is 2.77. The van der Waals surface area contributed by atoms with Crippen LogP contribution in [0.2, 0.25) is 10.0 Å². The molecule has 0 atom stereocenters. The van der Waals surface area contributed by atoms with Gasteiger partial charge in [0.15, 0.2) is 5.75 Å². The number of ether oxygens (including phenoxy) is 2. The van der Waals surface area contributed by atoms with E-state index in [1.54, 1.807) is 36.4 Å². The molecule has 2 aromatic rings. The third kappa shape index (κ3) is 8.19. The number of anilines is 2. The van der Waals surface area contributed by atoms with Crippen molar-refractivity contribution in [3.05, 3.63) is 58.6 Å². The smallest absolute Gasteiger partial charge is 0.421 e. The summed E-state index contributed by atoms with van der Waals surface area (Å²) in [5.74, 6) is 0.830. The molecule has 0 fully saturated rings. The Morgan fingerprint density at radius 2 is 1.64 bits per heavy atom. The van der Waals surface area contributed by atoms with Gasteiger partial charge in [0.25, 0.3) is 0 Å². The largest absolute Gasteiger partial charge is 0.490 e. The highest BCUT2D eigenvalue weighted by Crippen LogP contribution is 2.39. The van der Waals surface area contributed by atoms with E-state index in [0.29, 0.717) is 41.8 Å². The number of rotatable bonds is 12. The highest BCUT2D eigenvalue weighted by atomic mass is 35.5. The molecule has 0 bridgehead atoms. The van der Waals surface area contributed by atoms with Gasteiger partial charge in [-0.1, -0.05) is 29.8 Å². The Morgan fingerprint density at radius 3 is 2.11 bits per heavy atom. The van der Waals surface area contributed by atoms with Crippen molar-refractivity contribution < 1.29 is 32.6 Å². The van der Waals surface area contributed by atoms with Crippen LogP contribution in [0, 0.1) is 0 Å². The van der Waals surface area contributed by atoms with Gasteiger partial charge in [0.2, 0.25) is 15.9 Å². The molecule has 0 heterocycles. The molecular formula is C23H25Cl3N2O7S.